The zero-order valence-corrected chi connectivity index (χ0v) is 12.7. The molecule has 1 heterocycles. The third-order valence-corrected chi connectivity index (χ3v) is 2.99. The molecule has 0 aliphatic carbocycles. The maximum absolute atomic E-state index is 5.41. The molecule has 1 aromatic carbocycles. The molecule has 1 aromatic heterocycles. The number of nitrogens with zero attached hydrogens (tertiary/aromatic N) is 2. The van der Waals surface area contributed by atoms with Gasteiger partial charge in [0.25, 0.3) is 0 Å². The van der Waals surface area contributed by atoms with Gasteiger partial charge in [-0.15, -0.1) is 0 Å². The minimum absolute atomic E-state index is 0.599. The van der Waals surface area contributed by atoms with Gasteiger partial charge in [-0.05, 0) is 38.0 Å². The molecule has 0 spiro atoms. The highest BCUT2D eigenvalue weighted by atomic mass is 16.5. The summed E-state index contributed by atoms with van der Waals surface area (Å²) in [5, 5.41) is 3.30. The second-order valence-corrected chi connectivity index (χ2v) is 4.60. The van der Waals surface area contributed by atoms with Crippen LogP contribution in [0.1, 0.15) is 18.3 Å². The number of rotatable bonds is 7. The average molecular weight is 287 g/mol. The Hall–Kier alpha value is -2.30. The molecular formula is C16H21N3O2. The SMILES string of the molecule is CCOc1cc(NCCc2ccc(OC)cc2)nc(C)n1. The van der Waals surface area contributed by atoms with Gasteiger partial charge in [-0.1, -0.05) is 12.1 Å². The van der Waals surface area contributed by atoms with E-state index >= 15 is 0 Å². The van der Waals surface area contributed by atoms with Crippen LogP contribution in [0.15, 0.2) is 30.3 Å². The van der Waals surface area contributed by atoms with E-state index < -0.39 is 0 Å². The lowest BCUT2D eigenvalue weighted by Gasteiger charge is -2.09. The first-order valence-corrected chi connectivity index (χ1v) is 7.06. The van der Waals surface area contributed by atoms with Crippen LogP contribution in [0.4, 0.5) is 5.82 Å². The van der Waals surface area contributed by atoms with Crippen LogP contribution < -0.4 is 14.8 Å². The zero-order valence-electron chi connectivity index (χ0n) is 12.7. The third kappa shape index (κ3) is 4.63. The molecule has 0 fully saturated rings. The zero-order chi connectivity index (χ0) is 15.1. The van der Waals surface area contributed by atoms with Gasteiger partial charge in [-0.25, -0.2) is 4.98 Å². The standard InChI is InChI=1S/C16H21N3O2/c1-4-21-16-11-15(18-12(2)19-16)17-10-9-13-5-7-14(20-3)8-6-13/h5-8,11H,4,9-10H2,1-3H3,(H,17,18,19). The summed E-state index contributed by atoms with van der Waals surface area (Å²) in [6.07, 6.45) is 0.914. The minimum Gasteiger partial charge on any atom is -0.497 e. The highest BCUT2D eigenvalue weighted by Gasteiger charge is 2.02. The van der Waals surface area contributed by atoms with Gasteiger partial charge in [0, 0.05) is 12.6 Å². The number of methoxy groups -OCH3 is 1. The fourth-order valence-corrected chi connectivity index (χ4v) is 1.98. The molecular weight excluding hydrogens is 266 g/mol. The fraction of sp³-hybridized carbons (Fsp3) is 0.375. The van der Waals surface area contributed by atoms with E-state index in [0.717, 1.165) is 24.5 Å². The Morgan fingerprint density at radius 3 is 2.57 bits per heavy atom. The Morgan fingerprint density at radius 2 is 1.90 bits per heavy atom. The normalized spacial score (nSPS) is 10.2. The molecule has 0 bridgehead atoms. The minimum atomic E-state index is 0.599. The first kappa shape index (κ1) is 15.1. The van der Waals surface area contributed by atoms with E-state index in [1.54, 1.807) is 7.11 Å². The van der Waals surface area contributed by atoms with Gasteiger partial charge in [0.15, 0.2) is 0 Å². The molecule has 0 atom stereocenters. The largest absolute Gasteiger partial charge is 0.497 e. The van der Waals surface area contributed by atoms with Crippen LogP contribution in [0.2, 0.25) is 0 Å². The van der Waals surface area contributed by atoms with Gasteiger partial charge in [-0.2, -0.15) is 4.98 Å². The van der Waals surface area contributed by atoms with Gasteiger partial charge in [0.05, 0.1) is 13.7 Å². The molecule has 0 saturated carbocycles. The predicted octanol–water partition coefficient (Wildman–Crippen LogP) is 2.85. The van der Waals surface area contributed by atoms with Crippen molar-refractivity contribution in [3.63, 3.8) is 0 Å². The van der Waals surface area contributed by atoms with E-state index in [0.29, 0.717) is 18.3 Å². The molecule has 2 rings (SSSR count). The third-order valence-electron chi connectivity index (χ3n) is 2.99. The number of hydrogen-bond donors (Lipinski definition) is 1. The fourth-order valence-electron chi connectivity index (χ4n) is 1.98. The van der Waals surface area contributed by atoms with E-state index in [-0.39, 0.29) is 0 Å². The lowest BCUT2D eigenvalue weighted by atomic mass is 10.1. The molecule has 0 amide bonds. The van der Waals surface area contributed by atoms with Crippen molar-refractivity contribution in [2.24, 2.45) is 0 Å². The average Bonchev–Trinajstić information content (AvgIpc) is 2.48. The maximum atomic E-state index is 5.41. The van der Waals surface area contributed by atoms with Crippen molar-refractivity contribution in [2.45, 2.75) is 20.3 Å². The van der Waals surface area contributed by atoms with Crippen LogP contribution in [0, 0.1) is 6.92 Å². The van der Waals surface area contributed by atoms with Crippen molar-refractivity contribution in [3.8, 4) is 11.6 Å². The Labute approximate surface area is 125 Å². The van der Waals surface area contributed by atoms with Gasteiger partial charge in [-0.3, -0.25) is 0 Å². The lowest BCUT2D eigenvalue weighted by Crippen LogP contribution is -2.08. The van der Waals surface area contributed by atoms with E-state index in [1.165, 1.54) is 5.56 Å². The first-order valence-electron chi connectivity index (χ1n) is 7.06. The van der Waals surface area contributed by atoms with Crippen LogP contribution in [0.5, 0.6) is 11.6 Å². The number of benzene rings is 1. The number of aromatic nitrogens is 2. The summed E-state index contributed by atoms with van der Waals surface area (Å²) in [5.74, 6) is 2.98. The summed E-state index contributed by atoms with van der Waals surface area (Å²) in [6, 6.07) is 9.90. The lowest BCUT2D eigenvalue weighted by molar-refractivity contribution is 0.325. The number of ether oxygens (including phenoxy) is 2. The number of hydrogen-bond acceptors (Lipinski definition) is 5. The van der Waals surface area contributed by atoms with Crippen LogP contribution in [0.3, 0.4) is 0 Å². The van der Waals surface area contributed by atoms with E-state index in [1.807, 2.05) is 32.0 Å². The molecule has 0 aliphatic heterocycles. The molecule has 0 unspecified atom stereocenters. The van der Waals surface area contributed by atoms with Gasteiger partial charge >= 0.3 is 0 Å². The number of nitrogens with one attached hydrogen (secondary N) is 1. The Kier molecular flexibility index (Phi) is 5.37. The Morgan fingerprint density at radius 1 is 1.14 bits per heavy atom. The summed E-state index contributed by atoms with van der Waals surface area (Å²) < 4.78 is 10.6. The molecule has 112 valence electrons. The Bertz CT molecular complexity index is 570. The topological polar surface area (TPSA) is 56.3 Å². The molecule has 2 aromatic rings. The smallest absolute Gasteiger partial charge is 0.218 e. The van der Waals surface area contributed by atoms with E-state index in [9.17, 15) is 0 Å². The van der Waals surface area contributed by atoms with Crippen LogP contribution in [-0.4, -0.2) is 30.2 Å². The second-order valence-electron chi connectivity index (χ2n) is 4.60. The Balaban J connectivity index is 1.90. The van der Waals surface area contributed by atoms with Gasteiger partial charge in [0.1, 0.15) is 17.4 Å². The second kappa shape index (κ2) is 7.47. The van der Waals surface area contributed by atoms with Gasteiger partial charge in [0.2, 0.25) is 5.88 Å². The van der Waals surface area contributed by atoms with E-state index in [2.05, 4.69) is 27.4 Å². The van der Waals surface area contributed by atoms with Crippen LogP contribution in [0.25, 0.3) is 0 Å². The highest BCUT2D eigenvalue weighted by Crippen LogP contribution is 2.14. The molecule has 0 radical (unpaired) electrons. The molecule has 0 saturated heterocycles. The maximum Gasteiger partial charge on any atom is 0.218 e. The van der Waals surface area contributed by atoms with Crippen molar-refractivity contribution in [1.82, 2.24) is 9.97 Å². The van der Waals surface area contributed by atoms with Crippen molar-refractivity contribution < 1.29 is 9.47 Å². The molecule has 5 heteroatoms. The van der Waals surface area contributed by atoms with Crippen molar-refractivity contribution >= 4 is 5.82 Å². The van der Waals surface area contributed by atoms with Gasteiger partial charge < -0.3 is 14.8 Å². The number of aryl methyl sites for hydroxylation is 1. The van der Waals surface area contributed by atoms with Crippen LogP contribution in [-0.2, 0) is 6.42 Å². The summed E-state index contributed by atoms with van der Waals surface area (Å²) in [7, 11) is 1.67. The van der Waals surface area contributed by atoms with E-state index in [4.69, 9.17) is 9.47 Å². The monoisotopic (exact) mass is 287 g/mol. The summed E-state index contributed by atoms with van der Waals surface area (Å²) in [6.45, 7) is 5.20. The van der Waals surface area contributed by atoms with Crippen molar-refractivity contribution in [2.75, 3.05) is 25.6 Å². The van der Waals surface area contributed by atoms with Crippen molar-refractivity contribution in [3.05, 3.63) is 41.7 Å². The molecule has 5 nitrogen and oxygen atoms in total. The van der Waals surface area contributed by atoms with Crippen molar-refractivity contribution in [1.29, 1.82) is 0 Å². The predicted molar refractivity (Wildman–Crippen MR) is 83.1 cm³/mol. The summed E-state index contributed by atoms with van der Waals surface area (Å²) >= 11 is 0. The first-order chi connectivity index (χ1) is 10.2. The quantitative estimate of drug-likeness (QED) is 0.848. The summed E-state index contributed by atoms with van der Waals surface area (Å²) in [5.41, 5.74) is 1.25. The molecule has 1 N–H and O–H groups in total. The highest BCUT2D eigenvalue weighted by molar-refractivity contribution is 5.38. The number of anilines is 1. The summed E-state index contributed by atoms with van der Waals surface area (Å²) in [4.78, 5) is 8.57. The molecule has 0 aliphatic rings. The van der Waals surface area contributed by atoms with Crippen LogP contribution >= 0.6 is 0 Å². The molecule has 21 heavy (non-hydrogen) atoms.